The number of nitrogens with zero attached hydrogens (tertiary/aromatic N) is 2. The van der Waals surface area contributed by atoms with Gasteiger partial charge in [-0.1, -0.05) is 0 Å². The molecule has 0 atom stereocenters. The van der Waals surface area contributed by atoms with Crippen molar-refractivity contribution in [1.82, 2.24) is 9.97 Å². The number of aromatic nitrogens is 2. The molecule has 5 heteroatoms. The van der Waals surface area contributed by atoms with Crippen LogP contribution in [0, 0.1) is 6.92 Å². The molecule has 4 nitrogen and oxygen atoms in total. The highest BCUT2D eigenvalue weighted by molar-refractivity contribution is 7.99. The summed E-state index contributed by atoms with van der Waals surface area (Å²) in [6.07, 6.45) is 3.98. The number of methoxy groups -OCH3 is 1. The van der Waals surface area contributed by atoms with Gasteiger partial charge in [-0.25, -0.2) is 9.97 Å². The molecule has 0 amide bonds. The molecule has 0 aliphatic carbocycles. The molecular formula is C12H19N3OS. The van der Waals surface area contributed by atoms with E-state index in [4.69, 9.17) is 4.74 Å². The Morgan fingerprint density at radius 3 is 2.88 bits per heavy atom. The van der Waals surface area contributed by atoms with E-state index >= 15 is 0 Å². The molecule has 0 spiro atoms. The summed E-state index contributed by atoms with van der Waals surface area (Å²) in [6, 6.07) is 1.90. The van der Waals surface area contributed by atoms with Crippen molar-refractivity contribution >= 4 is 17.6 Å². The lowest BCUT2D eigenvalue weighted by atomic mass is 9.96. The Kier molecular flexibility index (Phi) is 4.23. The van der Waals surface area contributed by atoms with E-state index in [2.05, 4.69) is 15.3 Å². The van der Waals surface area contributed by atoms with Crippen LogP contribution in [0.3, 0.4) is 0 Å². The van der Waals surface area contributed by atoms with Gasteiger partial charge in [-0.3, -0.25) is 0 Å². The standard InChI is InChI=1S/C12H19N3OS/c1-10-13-6-3-11(15-10)14-9-12(16-2)4-7-17-8-5-12/h3,6H,4-5,7-9H2,1-2H3,(H,13,14,15). The summed E-state index contributed by atoms with van der Waals surface area (Å²) in [5, 5.41) is 3.36. The van der Waals surface area contributed by atoms with Crippen molar-refractivity contribution in [3.8, 4) is 0 Å². The second-order valence-corrected chi connectivity index (χ2v) is 5.57. The van der Waals surface area contributed by atoms with Crippen LogP contribution in [-0.2, 0) is 4.74 Å². The van der Waals surface area contributed by atoms with Crippen LogP contribution in [0.2, 0.25) is 0 Å². The lowest BCUT2D eigenvalue weighted by Gasteiger charge is -2.35. The molecule has 0 bridgehead atoms. The first-order valence-electron chi connectivity index (χ1n) is 5.90. The molecule has 2 rings (SSSR count). The van der Waals surface area contributed by atoms with Gasteiger partial charge in [0.05, 0.1) is 5.60 Å². The number of anilines is 1. The van der Waals surface area contributed by atoms with E-state index in [1.165, 1.54) is 11.5 Å². The molecule has 1 fully saturated rings. The minimum absolute atomic E-state index is 0.0237. The number of hydrogen-bond acceptors (Lipinski definition) is 5. The van der Waals surface area contributed by atoms with Crippen molar-refractivity contribution in [2.24, 2.45) is 0 Å². The maximum atomic E-state index is 5.71. The van der Waals surface area contributed by atoms with E-state index in [0.29, 0.717) is 0 Å². The highest BCUT2D eigenvalue weighted by Crippen LogP contribution is 2.30. The predicted octanol–water partition coefficient (Wildman–Crippen LogP) is 2.11. The van der Waals surface area contributed by atoms with Gasteiger partial charge in [-0.15, -0.1) is 0 Å². The SMILES string of the molecule is COC1(CNc2ccnc(C)n2)CCSCC1. The number of ether oxygens (including phenoxy) is 1. The molecule has 1 aromatic rings. The first-order valence-corrected chi connectivity index (χ1v) is 7.06. The van der Waals surface area contributed by atoms with Crippen LogP contribution >= 0.6 is 11.8 Å². The highest BCUT2D eigenvalue weighted by atomic mass is 32.2. The molecule has 1 saturated heterocycles. The van der Waals surface area contributed by atoms with E-state index in [-0.39, 0.29) is 5.60 Å². The Balaban J connectivity index is 1.95. The maximum absolute atomic E-state index is 5.71. The quantitative estimate of drug-likeness (QED) is 0.890. The second-order valence-electron chi connectivity index (χ2n) is 4.34. The van der Waals surface area contributed by atoms with E-state index in [1.807, 2.05) is 31.9 Å². The van der Waals surface area contributed by atoms with E-state index in [9.17, 15) is 0 Å². The normalized spacial score (nSPS) is 18.9. The summed E-state index contributed by atoms with van der Waals surface area (Å²) >= 11 is 2.00. The minimum atomic E-state index is -0.0237. The van der Waals surface area contributed by atoms with Crippen LogP contribution in [-0.4, -0.2) is 40.7 Å². The van der Waals surface area contributed by atoms with Crippen molar-refractivity contribution in [2.75, 3.05) is 30.5 Å². The summed E-state index contributed by atoms with van der Waals surface area (Å²) in [6.45, 7) is 2.72. The van der Waals surface area contributed by atoms with E-state index in [1.54, 1.807) is 6.20 Å². The van der Waals surface area contributed by atoms with Gasteiger partial charge < -0.3 is 10.1 Å². The molecule has 0 saturated carbocycles. The molecule has 1 aliphatic heterocycles. The van der Waals surface area contributed by atoms with Crippen LogP contribution in [0.1, 0.15) is 18.7 Å². The molecule has 94 valence electrons. The van der Waals surface area contributed by atoms with E-state index < -0.39 is 0 Å². The second kappa shape index (κ2) is 5.69. The van der Waals surface area contributed by atoms with Crippen LogP contribution in [0.5, 0.6) is 0 Å². The average Bonchev–Trinajstić information content (AvgIpc) is 2.38. The van der Waals surface area contributed by atoms with Gasteiger partial charge in [0.2, 0.25) is 0 Å². The van der Waals surface area contributed by atoms with Crippen LogP contribution in [0.25, 0.3) is 0 Å². The third-order valence-corrected chi connectivity index (χ3v) is 4.19. The number of nitrogens with one attached hydrogen (secondary N) is 1. The molecule has 1 aliphatic rings. The smallest absolute Gasteiger partial charge is 0.129 e. The summed E-state index contributed by atoms with van der Waals surface area (Å²) in [5.41, 5.74) is -0.0237. The Morgan fingerprint density at radius 2 is 2.24 bits per heavy atom. The summed E-state index contributed by atoms with van der Waals surface area (Å²) in [5.74, 6) is 4.03. The van der Waals surface area contributed by atoms with Gasteiger partial charge in [0.1, 0.15) is 11.6 Å². The van der Waals surface area contributed by atoms with Crippen molar-refractivity contribution in [2.45, 2.75) is 25.4 Å². The third kappa shape index (κ3) is 3.33. The van der Waals surface area contributed by atoms with Gasteiger partial charge >= 0.3 is 0 Å². The van der Waals surface area contributed by atoms with Crippen LogP contribution in [0.4, 0.5) is 5.82 Å². The molecule has 17 heavy (non-hydrogen) atoms. The Hall–Kier alpha value is -0.810. The largest absolute Gasteiger partial charge is 0.376 e. The zero-order chi connectivity index (χ0) is 12.1. The number of aryl methyl sites for hydroxylation is 1. The lowest BCUT2D eigenvalue weighted by molar-refractivity contribution is -0.00554. The van der Waals surface area contributed by atoms with Gasteiger partial charge in [-0.05, 0) is 37.3 Å². The third-order valence-electron chi connectivity index (χ3n) is 3.20. The minimum Gasteiger partial charge on any atom is -0.376 e. The Labute approximate surface area is 107 Å². The van der Waals surface area contributed by atoms with Crippen LogP contribution in [0.15, 0.2) is 12.3 Å². The first-order chi connectivity index (χ1) is 8.24. The Bertz CT molecular complexity index is 367. The molecule has 1 N–H and O–H groups in total. The van der Waals surface area contributed by atoms with E-state index in [0.717, 1.165) is 31.0 Å². The highest BCUT2D eigenvalue weighted by Gasteiger charge is 2.31. The van der Waals surface area contributed by atoms with Gasteiger partial charge in [-0.2, -0.15) is 11.8 Å². The summed E-state index contributed by atoms with van der Waals surface area (Å²) in [4.78, 5) is 8.43. The molecule has 0 aromatic carbocycles. The van der Waals surface area contributed by atoms with Crippen molar-refractivity contribution < 1.29 is 4.74 Å². The topological polar surface area (TPSA) is 47.0 Å². The lowest BCUT2D eigenvalue weighted by Crippen LogP contribution is -2.42. The predicted molar refractivity (Wildman–Crippen MR) is 71.6 cm³/mol. The fourth-order valence-electron chi connectivity index (χ4n) is 2.00. The van der Waals surface area contributed by atoms with Crippen LogP contribution < -0.4 is 5.32 Å². The van der Waals surface area contributed by atoms with Gasteiger partial charge in [0.25, 0.3) is 0 Å². The first kappa shape index (κ1) is 12.6. The molecular weight excluding hydrogens is 234 g/mol. The number of thioether (sulfide) groups is 1. The zero-order valence-electron chi connectivity index (χ0n) is 10.4. The summed E-state index contributed by atoms with van der Waals surface area (Å²) in [7, 11) is 1.81. The number of rotatable bonds is 4. The molecule has 1 aromatic heterocycles. The van der Waals surface area contributed by atoms with Gasteiger partial charge in [0, 0.05) is 19.9 Å². The van der Waals surface area contributed by atoms with Crippen molar-refractivity contribution in [3.05, 3.63) is 18.1 Å². The fraction of sp³-hybridized carbons (Fsp3) is 0.667. The molecule has 0 unspecified atom stereocenters. The average molecular weight is 253 g/mol. The monoisotopic (exact) mass is 253 g/mol. The maximum Gasteiger partial charge on any atom is 0.129 e. The van der Waals surface area contributed by atoms with Gasteiger partial charge in [0.15, 0.2) is 0 Å². The Morgan fingerprint density at radius 1 is 1.47 bits per heavy atom. The molecule has 2 heterocycles. The summed E-state index contributed by atoms with van der Waals surface area (Å²) < 4.78 is 5.71. The molecule has 0 radical (unpaired) electrons. The zero-order valence-corrected chi connectivity index (χ0v) is 11.2. The number of hydrogen-bond donors (Lipinski definition) is 1. The van der Waals surface area contributed by atoms with Crippen molar-refractivity contribution in [1.29, 1.82) is 0 Å². The van der Waals surface area contributed by atoms with Crippen molar-refractivity contribution in [3.63, 3.8) is 0 Å². The fourth-order valence-corrected chi connectivity index (χ4v) is 3.24.